The van der Waals surface area contributed by atoms with E-state index < -0.39 is 0 Å². The van der Waals surface area contributed by atoms with Gasteiger partial charge in [-0.25, -0.2) is 0 Å². The van der Waals surface area contributed by atoms with Crippen molar-refractivity contribution in [3.8, 4) is 0 Å². The first-order valence-electron chi connectivity index (χ1n) is 5.99. The van der Waals surface area contributed by atoms with Gasteiger partial charge in [0, 0.05) is 18.7 Å². The molecule has 0 aromatic heterocycles. The second kappa shape index (κ2) is 7.32. The van der Waals surface area contributed by atoms with Crippen LogP contribution in [0.5, 0.6) is 0 Å². The smallest absolute Gasteiger partial charge is 0.239 e. The van der Waals surface area contributed by atoms with E-state index in [9.17, 15) is 9.59 Å². The summed E-state index contributed by atoms with van der Waals surface area (Å²) in [5, 5.41) is 5.18. The molecule has 0 fully saturated rings. The SMILES string of the molecule is CCNC(=O)CNC(=O)CCc1cccc(N)c1. The molecule has 5 heteroatoms. The van der Waals surface area contributed by atoms with Crippen LogP contribution in [0.3, 0.4) is 0 Å². The Bertz CT molecular complexity index is 418. The highest BCUT2D eigenvalue weighted by molar-refractivity contribution is 5.84. The molecular weight excluding hydrogens is 230 g/mol. The van der Waals surface area contributed by atoms with Gasteiger partial charge in [0.2, 0.25) is 11.8 Å². The Morgan fingerprint density at radius 2 is 2.00 bits per heavy atom. The van der Waals surface area contributed by atoms with Crippen molar-refractivity contribution in [3.63, 3.8) is 0 Å². The number of hydrogen-bond donors (Lipinski definition) is 3. The van der Waals surface area contributed by atoms with Crippen LogP contribution >= 0.6 is 0 Å². The zero-order chi connectivity index (χ0) is 13.4. The van der Waals surface area contributed by atoms with Crippen LogP contribution in [0.25, 0.3) is 0 Å². The van der Waals surface area contributed by atoms with Crippen LogP contribution in [0.4, 0.5) is 5.69 Å². The van der Waals surface area contributed by atoms with Gasteiger partial charge in [-0.3, -0.25) is 9.59 Å². The molecule has 1 aromatic rings. The van der Waals surface area contributed by atoms with Gasteiger partial charge in [-0.15, -0.1) is 0 Å². The number of likely N-dealkylation sites (N-methyl/N-ethyl adjacent to an activating group) is 1. The minimum Gasteiger partial charge on any atom is -0.399 e. The van der Waals surface area contributed by atoms with Gasteiger partial charge in [0.05, 0.1) is 6.54 Å². The number of amides is 2. The maximum atomic E-state index is 11.5. The van der Waals surface area contributed by atoms with Crippen LogP contribution in [-0.4, -0.2) is 24.9 Å². The van der Waals surface area contributed by atoms with Crippen LogP contribution in [-0.2, 0) is 16.0 Å². The van der Waals surface area contributed by atoms with Gasteiger partial charge in [0.25, 0.3) is 0 Å². The lowest BCUT2D eigenvalue weighted by Gasteiger charge is -2.05. The number of nitrogen functional groups attached to an aromatic ring is 1. The Hall–Kier alpha value is -2.04. The van der Waals surface area contributed by atoms with E-state index in [1.165, 1.54) is 0 Å². The molecule has 0 saturated carbocycles. The standard InChI is InChI=1S/C13H19N3O2/c1-2-15-13(18)9-16-12(17)7-6-10-4-3-5-11(14)8-10/h3-5,8H,2,6-7,9,14H2,1H3,(H,15,18)(H,16,17). The summed E-state index contributed by atoms with van der Waals surface area (Å²) in [5.41, 5.74) is 7.35. The highest BCUT2D eigenvalue weighted by Crippen LogP contribution is 2.08. The Balaban J connectivity index is 2.27. The molecule has 98 valence electrons. The number of carbonyl (C=O) groups excluding carboxylic acids is 2. The fourth-order valence-corrected chi connectivity index (χ4v) is 1.53. The molecule has 0 spiro atoms. The average Bonchev–Trinajstić information content (AvgIpc) is 2.34. The Labute approximate surface area is 107 Å². The fourth-order valence-electron chi connectivity index (χ4n) is 1.53. The minimum absolute atomic E-state index is 0.0314. The van der Waals surface area contributed by atoms with Gasteiger partial charge in [-0.1, -0.05) is 12.1 Å². The number of anilines is 1. The summed E-state index contributed by atoms with van der Waals surface area (Å²) >= 11 is 0. The normalized spacial score (nSPS) is 9.83. The second-order valence-electron chi connectivity index (χ2n) is 3.98. The Kier molecular flexibility index (Phi) is 5.70. The third kappa shape index (κ3) is 5.34. The third-order valence-corrected chi connectivity index (χ3v) is 2.41. The Morgan fingerprint density at radius 1 is 1.22 bits per heavy atom. The van der Waals surface area contributed by atoms with Crippen molar-refractivity contribution in [1.29, 1.82) is 0 Å². The molecule has 0 bridgehead atoms. The van der Waals surface area contributed by atoms with Crippen LogP contribution in [0.2, 0.25) is 0 Å². The van der Waals surface area contributed by atoms with Gasteiger partial charge >= 0.3 is 0 Å². The summed E-state index contributed by atoms with van der Waals surface area (Å²) in [6.45, 7) is 2.43. The number of carbonyl (C=O) groups is 2. The highest BCUT2D eigenvalue weighted by atomic mass is 16.2. The van der Waals surface area contributed by atoms with Crippen LogP contribution < -0.4 is 16.4 Å². The largest absolute Gasteiger partial charge is 0.399 e. The van der Waals surface area contributed by atoms with Crippen molar-refractivity contribution in [2.45, 2.75) is 19.8 Å². The summed E-state index contributed by atoms with van der Waals surface area (Å²) < 4.78 is 0. The third-order valence-electron chi connectivity index (χ3n) is 2.41. The molecule has 2 amide bonds. The molecule has 0 aliphatic rings. The maximum absolute atomic E-state index is 11.5. The summed E-state index contributed by atoms with van der Waals surface area (Å²) in [5.74, 6) is -0.307. The molecule has 4 N–H and O–H groups in total. The van der Waals surface area contributed by atoms with Gasteiger partial charge in [0.1, 0.15) is 0 Å². The van der Waals surface area contributed by atoms with E-state index in [-0.39, 0.29) is 18.4 Å². The molecule has 5 nitrogen and oxygen atoms in total. The molecule has 0 heterocycles. The summed E-state index contributed by atoms with van der Waals surface area (Å²) in [6, 6.07) is 7.43. The second-order valence-corrected chi connectivity index (χ2v) is 3.98. The molecule has 0 saturated heterocycles. The minimum atomic E-state index is -0.171. The number of benzene rings is 1. The van der Waals surface area contributed by atoms with E-state index >= 15 is 0 Å². The molecule has 0 aliphatic carbocycles. The number of hydrogen-bond acceptors (Lipinski definition) is 3. The van der Waals surface area contributed by atoms with Crippen molar-refractivity contribution in [3.05, 3.63) is 29.8 Å². The van der Waals surface area contributed by atoms with Crippen molar-refractivity contribution < 1.29 is 9.59 Å². The van der Waals surface area contributed by atoms with Crippen molar-refractivity contribution in [2.75, 3.05) is 18.8 Å². The molecular formula is C13H19N3O2. The molecule has 1 rings (SSSR count). The number of aryl methyl sites for hydroxylation is 1. The van der Waals surface area contributed by atoms with E-state index in [0.717, 1.165) is 5.56 Å². The summed E-state index contributed by atoms with van der Waals surface area (Å²) in [4.78, 5) is 22.6. The van der Waals surface area contributed by atoms with E-state index in [0.29, 0.717) is 25.1 Å². The monoisotopic (exact) mass is 249 g/mol. The molecule has 0 aliphatic heterocycles. The van der Waals surface area contributed by atoms with Crippen LogP contribution in [0.15, 0.2) is 24.3 Å². The first kappa shape index (κ1) is 14.0. The molecule has 0 unspecified atom stereocenters. The lowest BCUT2D eigenvalue weighted by molar-refractivity contribution is -0.126. The zero-order valence-corrected chi connectivity index (χ0v) is 10.5. The first-order chi connectivity index (χ1) is 8.61. The Morgan fingerprint density at radius 3 is 2.67 bits per heavy atom. The number of nitrogens with one attached hydrogen (secondary N) is 2. The topological polar surface area (TPSA) is 84.2 Å². The van der Waals surface area contributed by atoms with Crippen molar-refractivity contribution in [2.24, 2.45) is 0 Å². The predicted octanol–water partition coefficient (Wildman–Crippen LogP) is 0.454. The fraction of sp³-hybridized carbons (Fsp3) is 0.385. The van der Waals surface area contributed by atoms with Crippen molar-refractivity contribution >= 4 is 17.5 Å². The number of nitrogens with two attached hydrogens (primary N) is 1. The first-order valence-corrected chi connectivity index (χ1v) is 5.99. The summed E-state index contributed by atoms with van der Waals surface area (Å²) in [6.07, 6.45) is 0.967. The lowest BCUT2D eigenvalue weighted by Crippen LogP contribution is -2.36. The van der Waals surface area contributed by atoms with Gasteiger partial charge in [-0.2, -0.15) is 0 Å². The molecule has 0 radical (unpaired) electrons. The zero-order valence-electron chi connectivity index (χ0n) is 10.5. The molecule has 0 atom stereocenters. The average molecular weight is 249 g/mol. The quantitative estimate of drug-likeness (QED) is 0.640. The maximum Gasteiger partial charge on any atom is 0.239 e. The van der Waals surface area contributed by atoms with Crippen molar-refractivity contribution in [1.82, 2.24) is 10.6 Å². The van der Waals surface area contributed by atoms with E-state index in [4.69, 9.17) is 5.73 Å². The van der Waals surface area contributed by atoms with Gasteiger partial charge < -0.3 is 16.4 Å². The van der Waals surface area contributed by atoms with Gasteiger partial charge in [0.15, 0.2) is 0 Å². The van der Waals surface area contributed by atoms with E-state index in [1.807, 2.05) is 25.1 Å². The van der Waals surface area contributed by atoms with Crippen LogP contribution in [0, 0.1) is 0 Å². The van der Waals surface area contributed by atoms with E-state index in [2.05, 4.69) is 10.6 Å². The molecule has 1 aromatic carbocycles. The lowest BCUT2D eigenvalue weighted by atomic mass is 10.1. The summed E-state index contributed by atoms with van der Waals surface area (Å²) in [7, 11) is 0. The van der Waals surface area contributed by atoms with E-state index in [1.54, 1.807) is 6.07 Å². The predicted molar refractivity (Wildman–Crippen MR) is 70.9 cm³/mol. The number of rotatable bonds is 6. The highest BCUT2D eigenvalue weighted by Gasteiger charge is 2.05. The molecule has 18 heavy (non-hydrogen) atoms. The van der Waals surface area contributed by atoms with Crippen LogP contribution in [0.1, 0.15) is 18.9 Å². The van der Waals surface area contributed by atoms with Gasteiger partial charge in [-0.05, 0) is 31.0 Å².